The number of thioether (sulfide) groups is 1. The van der Waals surface area contributed by atoms with Crippen molar-refractivity contribution in [2.75, 3.05) is 31.2 Å². The van der Waals surface area contributed by atoms with E-state index in [0.29, 0.717) is 32.4 Å². The molecule has 3 heterocycles. The van der Waals surface area contributed by atoms with Gasteiger partial charge in [0.25, 0.3) is 5.91 Å². The van der Waals surface area contributed by atoms with E-state index in [2.05, 4.69) is 22.5 Å². The highest BCUT2D eigenvalue weighted by Gasteiger charge is 2.76. The number of alkyl halides is 1. The standard InChI is InChI=1S/C28H37BrN2O5S/c1-5-12-30(20-15-17(3)10-11-18(20)4)26(34)24-28-16-19(29)23(37-28)21(27(35)36-6-2)22(28)25(33)31(24)13-8-7-9-14-32/h5,10-11,15,19,21-24,32H,1,6-9,12-14,16H2,2-4H3/t19?,21-,22+,23-,24?,28?/m1/s1. The number of amides is 2. The van der Waals surface area contributed by atoms with Crippen LogP contribution in [-0.4, -0.2) is 75.0 Å². The number of hydrogen-bond acceptors (Lipinski definition) is 6. The van der Waals surface area contributed by atoms with Crippen LogP contribution < -0.4 is 4.90 Å². The van der Waals surface area contributed by atoms with Crippen LogP contribution in [0.5, 0.6) is 0 Å². The molecule has 7 nitrogen and oxygen atoms in total. The van der Waals surface area contributed by atoms with E-state index in [0.717, 1.165) is 23.2 Å². The number of fused-ring (bicyclic) bond motifs is 1. The molecule has 0 aliphatic carbocycles. The first-order valence-electron chi connectivity index (χ1n) is 13.1. The van der Waals surface area contributed by atoms with Gasteiger partial charge in [-0.25, -0.2) is 0 Å². The van der Waals surface area contributed by atoms with Crippen LogP contribution in [0.2, 0.25) is 0 Å². The lowest BCUT2D eigenvalue weighted by Crippen LogP contribution is -2.55. The van der Waals surface area contributed by atoms with E-state index in [9.17, 15) is 19.5 Å². The van der Waals surface area contributed by atoms with E-state index < -0.39 is 22.6 Å². The van der Waals surface area contributed by atoms with Crippen molar-refractivity contribution in [2.45, 2.75) is 67.3 Å². The number of ether oxygens (including phenoxy) is 1. The molecule has 37 heavy (non-hydrogen) atoms. The molecule has 2 amide bonds. The van der Waals surface area contributed by atoms with Gasteiger partial charge in [0.1, 0.15) is 6.04 Å². The molecule has 2 bridgehead atoms. The summed E-state index contributed by atoms with van der Waals surface area (Å²) in [5, 5.41) is 9.12. The Hall–Kier alpha value is -1.84. The second kappa shape index (κ2) is 11.5. The molecule has 0 aromatic heterocycles. The van der Waals surface area contributed by atoms with Gasteiger partial charge in [0, 0.05) is 35.5 Å². The lowest BCUT2D eigenvalue weighted by atomic mass is 9.71. The molecule has 0 saturated carbocycles. The monoisotopic (exact) mass is 592 g/mol. The number of benzene rings is 1. The van der Waals surface area contributed by atoms with Crippen molar-refractivity contribution in [2.24, 2.45) is 11.8 Å². The van der Waals surface area contributed by atoms with Crippen LogP contribution >= 0.6 is 27.7 Å². The van der Waals surface area contributed by atoms with Gasteiger partial charge in [-0.2, -0.15) is 0 Å². The number of unbranched alkanes of at least 4 members (excludes halogenated alkanes) is 2. The number of likely N-dealkylation sites (tertiary alicyclic amines) is 1. The van der Waals surface area contributed by atoms with Gasteiger partial charge in [-0.05, 0) is 63.6 Å². The lowest BCUT2D eigenvalue weighted by Gasteiger charge is -2.38. The minimum atomic E-state index is -0.710. The Morgan fingerprint density at radius 2 is 2.08 bits per heavy atom. The average Bonchev–Trinajstić information content (AvgIpc) is 3.45. The number of carbonyl (C=O) groups is 3. The first kappa shape index (κ1) is 28.2. The zero-order chi connectivity index (χ0) is 26.9. The maximum Gasteiger partial charge on any atom is 0.310 e. The summed E-state index contributed by atoms with van der Waals surface area (Å²) in [6, 6.07) is 5.32. The highest BCUT2D eigenvalue weighted by Crippen LogP contribution is 2.68. The average molecular weight is 594 g/mol. The highest BCUT2D eigenvalue weighted by atomic mass is 79.9. The zero-order valence-electron chi connectivity index (χ0n) is 21.8. The molecule has 1 aromatic carbocycles. The summed E-state index contributed by atoms with van der Waals surface area (Å²) < 4.78 is 4.72. The van der Waals surface area contributed by atoms with E-state index in [4.69, 9.17) is 4.74 Å². The van der Waals surface area contributed by atoms with E-state index in [1.807, 2.05) is 32.0 Å². The van der Waals surface area contributed by atoms with Gasteiger partial charge >= 0.3 is 5.97 Å². The molecule has 202 valence electrons. The van der Waals surface area contributed by atoms with Gasteiger partial charge in [-0.1, -0.05) is 34.1 Å². The summed E-state index contributed by atoms with van der Waals surface area (Å²) in [7, 11) is 0. The van der Waals surface area contributed by atoms with Crippen molar-refractivity contribution in [3.05, 3.63) is 42.0 Å². The first-order chi connectivity index (χ1) is 17.7. The van der Waals surface area contributed by atoms with Crippen LogP contribution in [0, 0.1) is 25.7 Å². The number of carbonyl (C=O) groups excluding carboxylic acids is 3. The van der Waals surface area contributed by atoms with E-state index in [1.54, 1.807) is 34.6 Å². The number of aliphatic hydroxyl groups is 1. The number of hydrogen-bond donors (Lipinski definition) is 1. The molecular formula is C28H37BrN2O5S. The molecule has 3 saturated heterocycles. The molecule has 3 unspecified atom stereocenters. The van der Waals surface area contributed by atoms with Gasteiger partial charge < -0.3 is 19.6 Å². The van der Waals surface area contributed by atoms with Crippen molar-refractivity contribution < 1.29 is 24.2 Å². The van der Waals surface area contributed by atoms with Gasteiger partial charge in [0.05, 0.1) is 23.2 Å². The summed E-state index contributed by atoms with van der Waals surface area (Å²) in [6.45, 7) is 10.7. The smallest absolute Gasteiger partial charge is 0.310 e. The Bertz CT molecular complexity index is 1070. The molecular weight excluding hydrogens is 556 g/mol. The Balaban J connectivity index is 1.78. The Morgan fingerprint density at radius 1 is 1.32 bits per heavy atom. The van der Waals surface area contributed by atoms with Crippen molar-refractivity contribution in [3.8, 4) is 0 Å². The van der Waals surface area contributed by atoms with Gasteiger partial charge in [0.2, 0.25) is 5.91 Å². The summed E-state index contributed by atoms with van der Waals surface area (Å²) in [5.74, 6) is -1.79. The van der Waals surface area contributed by atoms with Gasteiger partial charge in [-0.3, -0.25) is 14.4 Å². The molecule has 0 radical (unpaired) electrons. The Morgan fingerprint density at radius 3 is 2.76 bits per heavy atom. The van der Waals surface area contributed by atoms with E-state index >= 15 is 0 Å². The number of aliphatic hydroxyl groups excluding tert-OH is 1. The fraction of sp³-hybridized carbons (Fsp3) is 0.607. The third-order valence-corrected chi connectivity index (χ3v) is 11.1. The zero-order valence-corrected chi connectivity index (χ0v) is 24.2. The second-order valence-electron chi connectivity index (χ2n) is 10.3. The third-order valence-electron chi connectivity index (χ3n) is 7.87. The van der Waals surface area contributed by atoms with Crippen LogP contribution in [0.1, 0.15) is 43.7 Å². The van der Waals surface area contributed by atoms with Crippen molar-refractivity contribution >= 4 is 51.2 Å². The first-order valence-corrected chi connectivity index (χ1v) is 14.9. The molecule has 3 aliphatic rings. The minimum absolute atomic E-state index is 0.00848. The van der Waals surface area contributed by atoms with Gasteiger partial charge in [-0.15, -0.1) is 18.3 Å². The second-order valence-corrected chi connectivity index (χ2v) is 13.0. The number of aryl methyl sites for hydroxylation is 2. The molecule has 4 rings (SSSR count). The minimum Gasteiger partial charge on any atom is -0.466 e. The van der Waals surface area contributed by atoms with Crippen LogP contribution in [0.25, 0.3) is 0 Å². The predicted octanol–water partition coefficient (Wildman–Crippen LogP) is 4.01. The number of anilines is 1. The summed E-state index contributed by atoms with van der Waals surface area (Å²) in [5.41, 5.74) is 2.83. The van der Waals surface area contributed by atoms with Crippen molar-refractivity contribution in [3.63, 3.8) is 0 Å². The maximum absolute atomic E-state index is 14.6. The third kappa shape index (κ3) is 4.87. The number of esters is 1. The molecule has 3 fully saturated rings. The fourth-order valence-corrected chi connectivity index (χ4v) is 9.92. The maximum atomic E-state index is 14.6. The lowest BCUT2D eigenvalue weighted by molar-refractivity contribution is -0.153. The van der Waals surface area contributed by atoms with Crippen LogP contribution in [0.15, 0.2) is 30.9 Å². The highest BCUT2D eigenvalue weighted by molar-refractivity contribution is 9.09. The molecule has 3 aliphatic heterocycles. The van der Waals surface area contributed by atoms with Crippen LogP contribution in [-0.2, 0) is 19.1 Å². The number of rotatable bonds is 11. The van der Waals surface area contributed by atoms with E-state index in [-0.39, 0.29) is 41.1 Å². The molecule has 6 atom stereocenters. The molecule has 1 aromatic rings. The molecule has 1 spiro atoms. The van der Waals surface area contributed by atoms with Crippen molar-refractivity contribution in [1.82, 2.24) is 4.90 Å². The summed E-state index contributed by atoms with van der Waals surface area (Å²) in [6.07, 6.45) is 4.42. The largest absolute Gasteiger partial charge is 0.466 e. The Kier molecular flexibility index (Phi) is 8.75. The Labute approximate surface area is 232 Å². The van der Waals surface area contributed by atoms with Crippen molar-refractivity contribution in [1.29, 1.82) is 0 Å². The predicted molar refractivity (Wildman–Crippen MR) is 150 cm³/mol. The topological polar surface area (TPSA) is 87.2 Å². The summed E-state index contributed by atoms with van der Waals surface area (Å²) in [4.78, 5) is 45.3. The summed E-state index contributed by atoms with van der Waals surface area (Å²) >= 11 is 5.40. The van der Waals surface area contributed by atoms with E-state index in [1.165, 1.54) is 0 Å². The van der Waals surface area contributed by atoms with Gasteiger partial charge in [0.15, 0.2) is 0 Å². The SMILES string of the molecule is C=CCN(C(=O)C1N(CCCCCO)C(=O)[C@@H]2[C@@H](C(=O)OCC)[C@@H]3SC12CC3Br)c1cc(C)ccc1C. The molecule has 9 heteroatoms. The fourth-order valence-electron chi connectivity index (χ4n) is 6.32. The quantitative estimate of drug-likeness (QED) is 0.181. The number of halogens is 1. The molecule has 1 N–H and O–H groups in total. The normalized spacial score (nSPS) is 29.9. The van der Waals surface area contributed by atoms with Crippen LogP contribution in [0.4, 0.5) is 5.69 Å². The van der Waals surface area contributed by atoms with Crippen LogP contribution in [0.3, 0.4) is 0 Å². The number of nitrogens with zero attached hydrogens (tertiary/aromatic N) is 2.